The van der Waals surface area contributed by atoms with Gasteiger partial charge in [0, 0.05) is 24.7 Å². The number of likely N-dealkylation sites (tertiary alicyclic amines) is 1. The maximum Gasteiger partial charge on any atom is 0.264 e. The predicted octanol–water partition coefficient (Wildman–Crippen LogP) is 3.57. The molecule has 2 aromatic heterocycles. The highest BCUT2D eigenvalue weighted by molar-refractivity contribution is 6.31. The van der Waals surface area contributed by atoms with E-state index in [1.165, 1.54) is 10.9 Å². The van der Waals surface area contributed by atoms with Crippen molar-refractivity contribution >= 4 is 22.6 Å². The van der Waals surface area contributed by atoms with Crippen molar-refractivity contribution in [3.63, 3.8) is 0 Å². The maximum atomic E-state index is 13.1. The van der Waals surface area contributed by atoms with Crippen LogP contribution in [0.3, 0.4) is 0 Å². The first kappa shape index (κ1) is 21.8. The Balaban J connectivity index is 1.29. The zero-order valence-electron chi connectivity index (χ0n) is 18.5. The molecule has 1 aliphatic heterocycles. The second kappa shape index (κ2) is 8.74. The summed E-state index contributed by atoms with van der Waals surface area (Å²) < 4.78 is 3.17. The summed E-state index contributed by atoms with van der Waals surface area (Å²) in [5, 5.41) is 16.8. The van der Waals surface area contributed by atoms with Gasteiger partial charge in [-0.05, 0) is 49.1 Å². The standard InChI is InChI=1S/C25H26ClN5O2/c1-18-7-8-19(13-22(18)26)15-29-11-9-25(33,10-12-29)16-30-17-27-23-21(24(30)32)14-28-31(23)20-5-3-2-4-6-20/h2-8,13-14,17,33H,9-12,15-16H2,1H3. The normalized spacial score (nSPS) is 16.3. The van der Waals surface area contributed by atoms with Gasteiger partial charge in [-0.3, -0.25) is 14.3 Å². The summed E-state index contributed by atoms with van der Waals surface area (Å²) in [4.78, 5) is 19.9. The fraction of sp³-hybridized carbons (Fsp3) is 0.320. The van der Waals surface area contributed by atoms with Gasteiger partial charge in [0.15, 0.2) is 5.65 Å². The molecule has 4 aromatic rings. The van der Waals surface area contributed by atoms with Crippen LogP contribution in [0.4, 0.5) is 0 Å². The second-order valence-electron chi connectivity index (χ2n) is 8.89. The number of piperidine rings is 1. The van der Waals surface area contributed by atoms with E-state index in [0.29, 0.717) is 23.9 Å². The van der Waals surface area contributed by atoms with Crippen LogP contribution < -0.4 is 5.56 Å². The first-order valence-electron chi connectivity index (χ1n) is 11.1. The minimum atomic E-state index is -0.948. The molecule has 0 spiro atoms. The molecule has 170 valence electrons. The molecular weight excluding hydrogens is 438 g/mol. The van der Waals surface area contributed by atoms with E-state index in [0.717, 1.165) is 41.5 Å². The van der Waals surface area contributed by atoms with Gasteiger partial charge in [0.25, 0.3) is 5.56 Å². The van der Waals surface area contributed by atoms with Crippen LogP contribution in [0.15, 0.2) is 65.8 Å². The summed E-state index contributed by atoms with van der Waals surface area (Å²) in [5.74, 6) is 0. The third-order valence-electron chi connectivity index (χ3n) is 6.45. The number of aromatic nitrogens is 4. The van der Waals surface area contributed by atoms with Gasteiger partial charge in [-0.25, -0.2) is 9.67 Å². The lowest BCUT2D eigenvalue weighted by Gasteiger charge is -2.38. The highest BCUT2D eigenvalue weighted by Gasteiger charge is 2.33. The SMILES string of the molecule is Cc1ccc(CN2CCC(O)(Cn3cnc4c(cnn4-c4ccccc4)c3=O)CC2)cc1Cl. The van der Waals surface area contributed by atoms with Crippen LogP contribution in [0.2, 0.25) is 5.02 Å². The van der Waals surface area contributed by atoms with Crippen molar-refractivity contribution in [2.75, 3.05) is 13.1 Å². The Hall–Kier alpha value is -3.00. The van der Waals surface area contributed by atoms with Gasteiger partial charge in [-0.1, -0.05) is 41.9 Å². The number of nitrogens with zero attached hydrogens (tertiary/aromatic N) is 5. The summed E-state index contributed by atoms with van der Waals surface area (Å²) in [6.45, 7) is 4.50. The lowest BCUT2D eigenvalue weighted by molar-refractivity contribution is -0.0364. The smallest absolute Gasteiger partial charge is 0.264 e. The molecule has 0 unspecified atom stereocenters. The van der Waals surface area contributed by atoms with E-state index >= 15 is 0 Å². The van der Waals surface area contributed by atoms with E-state index in [1.54, 1.807) is 10.9 Å². The molecule has 2 aromatic carbocycles. The van der Waals surface area contributed by atoms with E-state index in [1.807, 2.05) is 49.4 Å². The van der Waals surface area contributed by atoms with Crippen LogP contribution in [0.1, 0.15) is 24.0 Å². The molecule has 0 atom stereocenters. The molecule has 0 amide bonds. The van der Waals surface area contributed by atoms with Gasteiger partial charge in [0.1, 0.15) is 11.7 Å². The van der Waals surface area contributed by atoms with Gasteiger partial charge in [-0.2, -0.15) is 5.10 Å². The molecule has 8 heteroatoms. The molecule has 0 radical (unpaired) electrons. The van der Waals surface area contributed by atoms with E-state index in [4.69, 9.17) is 11.6 Å². The van der Waals surface area contributed by atoms with Crippen LogP contribution in [0, 0.1) is 6.92 Å². The minimum Gasteiger partial charge on any atom is -0.388 e. The van der Waals surface area contributed by atoms with Crippen LogP contribution in [0.5, 0.6) is 0 Å². The van der Waals surface area contributed by atoms with E-state index in [-0.39, 0.29) is 12.1 Å². The average molecular weight is 464 g/mol. The largest absolute Gasteiger partial charge is 0.388 e. The molecule has 1 saturated heterocycles. The van der Waals surface area contributed by atoms with Gasteiger partial charge in [0.2, 0.25) is 0 Å². The Morgan fingerprint density at radius 2 is 1.88 bits per heavy atom. The number of hydrogen-bond acceptors (Lipinski definition) is 5. The second-order valence-corrected chi connectivity index (χ2v) is 9.30. The van der Waals surface area contributed by atoms with E-state index in [9.17, 15) is 9.90 Å². The number of aryl methyl sites for hydroxylation is 1. The highest BCUT2D eigenvalue weighted by Crippen LogP contribution is 2.26. The van der Waals surface area contributed by atoms with Gasteiger partial charge < -0.3 is 5.11 Å². The lowest BCUT2D eigenvalue weighted by atomic mass is 9.91. The fourth-order valence-corrected chi connectivity index (χ4v) is 4.62. The number of fused-ring (bicyclic) bond motifs is 1. The van der Waals surface area contributed by atoms with Crippen molar-refractivity contribution in [1.82, 2.24) is 24.2 Å². The fourth-order valence-electron chi connectivity index (χ4n) is 4.41. The molecular formula is C25H26ClN5O2. The monoisotopic (exact) mass is 463 g/mol. The van der Waals surface area contributed by atoms with Gasteiger partial charge >= 0.3 is 0 Å². The molecule has 1 N–H and O–H groups in total. The zero-order chi connectivity index (χ0) is 23.0. The van der Waals surface area contributed by atoms with Crippen LogP contribution >= 0.6 is 11.6 Å². The number of benzene rings is 2. The molecule has 1 aliphatic rings. The Morgan fingerprint density at radius 3 is 2.61 bits per heavy atom. The molecule has 3 heterocycles. The Bertz CT molecular complexity index is 1340. The first-order chi connectivity index (χ1) is 15.9. The molecule has 0 aliphatic carbocycles. The minimum absolute atomic E-state index is 0.188. The first-order valence-corrected chi connectivity index (χ1v) is 11.5. The van der Waals surface area contributed by atoms with Crippen molar-refractivity contribution < 1.29 is 5.11 Å². The van der Waals surface area contributed by atoms with Crippen molar-refractivity contribution in [3.8, 4) is 5.69 Å². The molecule has 0 saturated carbocycles. The van der Waals surface area contributed by atoms with Crippen molar-refractivity contribution in [1.29, 1.82) is 0 Å². The van der Waals surface area contributed by atoms with Crippen LogP contribution in [0.25, 0.3) is 16.7 Å². The quantitative estimate of drug-likeness (QED) is 0.489. The van der Waals surface area contributed by atoms with E-state index < -0.39 is 5.60 Å². The Morgan fingerprint density at radius 1 is 1.12 bits per heavy atom. The third kappa shape index (κ3) is 4.44. The van der Waals surface area contributed by atoms with Crippen molar-refractivity contribution in [2.45, 2.75) is 38.5 Å². The average Bonchev–Trinajstić information content (AvgIpc) is 3.25. The number of halogens is 1. The highest BCUT2D eigenvalue weighted by atomic mass is 35.5. The molecule has 33 heavy (non-hydrogen) atoms. The summed E-state index contributed by atoms with van der Waals surface area (Å²) in [5.41, 5.74) is 2.46. The summed E-state index contributed by atoms with van der Waals surface area (Å²) in [7, 11) is 0. The Labute approximate surface area is 196 Å². The number of para-hydroxylation sites is 1. The third-order valence-corrected chi connectivity index (χ3v) is 6.86. The molecule has 7 nitrogen and oxygen atoms in total. The molecule has 0 bridgehead atoms. The maximum absolute atomic E-state index is 13.1. The summed E-state index contributed by atoms with van der Waals surface area (Å²) in [6, 6.07) is 15.7. The van der Waals surface area contributed by atoms with Crippen LogP contribution in [-0.4, -0.2) is 48.0 Å². The number of rotatable bonds is 5. The Kier molecular flexibility index (Phi) is 5.78. The van der Waals surface area contributed by atoms with Crippen molar-refractivity contribution in [2.24, 2.45) is 0 Å². The summed E-state index contributed by atoms with van der Waals surface area (Å²) >= 11 is 6.26. The number of hydrogen-bond donors (Lipinski definition) is 1. The topological polar surface area (TPSA) is 76.2 Å². The number of aliphatic hydroxyl groups is 1. The van der Waals surface area contributed by atoms with E-state index in [2.05, 4.69) is 21.0 Å². The van der Waals surface area contributed by atoms with Crippen molar-refractivity contribution in [3.05, 3.63) is 87.6 Å². The summed E-state index contributed by atoms with van der Waals surface area (Å²) in [6.07, 6.45) is 4.23. The molecule has 1 fully saturated rings. The molecule has 5 rings (SSSR count). The van der Waals surface area contributed by atoms with Gasteiger partial charge in [-0.15, -0.1) is 0 Å². The zero-order valence-corrected chi connectivity index (χ0v) is 19.2. The predicted molar refractivity (Wildman–Crippen MR) is 129 cm³/mol. The lowest BCUT2D eigenvalue weighted by Crippen LogP contribution is -2.47. The van der Waals surface area contributed by atoms with Crippen LogP contribution in [-0.2, 0) is 13.1 Å². The van der Waals surface area contributed by atoms with Gasteiger partial charge in [0.05, 0.1) is 24.0 Å².